The van der Waals surface area contributed by atoms with E-state index in [2.05, 4.69) is 20.5 Å². The molecule has 0 spiro atoms. The summed E-state index contributed by atoms with van der Waals surface area (Å²) in [5.41, 5.74) is 2.29. The van der Waals surface area contributed by atoms with Crippen LogP contribution in [0.5, 0.6) is 5.88 Å². The molecule has 0 unspecified atom stereocenters. The number of fused-ring (bicyclic) bond motifs is 1. The van der Waals surface area contributed by atoms with Gasteiger partial charge < -0.3 is 15.4 Å². The minimum Gasteiger partial charge on any atom is -0.493 e. The van der Waals surface area contributed by atoms with Crippen LogP contribution in [-0.2, 0) is 9.59 Å². The summed E-state index contributed by atoms with van der Waals surface area (Å²) in [5.74, 6) is -2.17. The van der Waals surface area contributed by atoms with Crippen molar-refractivity contribution in [2.75, 3.05) is 5.32 Å². The number of H-pyrrole nitrogens is 1. The lowest BCUT2D eigenvalue weighted by molar-refractivity contribution is -0.134. The number of hydrogen-bond acceptors (Lipinski definition) is 4. The van der Waals surface area contributed by atoms with Gasteiger partial charge in [0.05, 0.1) is 5.52 Å². The molecule has 0 saturated heterocycles. The molecule has 0 bridgehead atoms. The largest absolute Gasteiger partial charge is 0.493 e. The van der Waals surface area contributed by atoms with E-state index < -0.39 is 11.8 Å². The summed E-state index contributed by atoms with van der Waals surface area (Å²) >= 11 is 0. The first kappa shape index (κ1) is 15.4. The Balaban J connectivity index is 1.75. The molecule has 3 N–H and O–H groups in total. The van der Waals surface area contributed by atoms with Crippen LogP contribution in [0.25, 0.3) is 10.9 Å². The van der Waals surface area contributed by atoms with E-state index >= 15 is 0 Å². The fourth-order valence-electron chi connectivity index (χ4n) is 2.18. The van der Waals surface area contributed by atoms with Gasteiger partial charge in [0.25, 0.3) is 0 Å². The first-order valence-electron chi connectivity index (χ1n) is 7.18. The molecule has 0 aliphatic rings. The first-order chi connectivity index (χ1) is 11.5. The standard InChI is InChI=1S/C17H14N4O3/c1-10-6-8-11(9-7-10)18-16(23)17(24)21-20-14-12-4-2-3-5-13(12)19-15(14)22/h2-9,19,22H,1H3,(H,18,23). The number of amides is 2. The molecule has 120 valence electrons. The second-order valence-corrected chi connectivity index (χ2v) is 5.19. The van der Waals surface area contributed by atoms with Crippen LogP contribution in [0.15, 0.2) is 58.8 Å². The minimum atomic E-state index is -1.06. The van der Waals surface area contributed by atoms with Crippen LogP contribution in [0.4, 0.5) is 11.4 Å². The molecular formula is C17H14N4O3. The van der Waals surface area contributed by atoms with Gasteiger partial charge in [0.1, 0.15) is 0 Å². The van der Waals surface area contributed by atoms with E-state index in [0.717, 1.165) is 5.56 Å². The lowest BCUT2D eigenvalue weighted by Crippen LogP contribution is -2.20. The van der Waals surface area contributed by atoms with Crippen LogP contribution in [0.3, 0.4) is 0 Å². The van der Waals surface area contributed by atoms with Gasteiger partial charge in [-0.1, -0.05) is 35.9 Å². The number of benzene rings is 2. The third-order valence-electron chi connectivity index (χ3n) is 3.40. The van der Waals surface area contributed by atoms with Crippen LogP contribution in [0, 0.1) is 6.92 Å². The summed E-state index contributed by atoms with van der Waals surface area (Å²) in [7, 11) is 0. The molecule has 7 heteroatoms. The van der Waals surface area contributed by atoms with E-state index in [4.69, 9.17) is 0 Å². The molecule has 2 aromatic carbocycles. The molecule has 3 rings (SSSR count). The monoisotopic (exact) mass is 322 g/mol. The second kappa shape index (κ2) is 6.33. The average Bonchev–Trinajstić information content (AvgIpc) is 2.90. The molecule has 2 amide bonds. The molecule has 1 aromatic heterocycles. The molecule has 0 atom stereocenters. The molecule has 24 heavy (non-hydrogen) atoms. The molecule has 7 nitrogen and oxygen atoms in total. The number of para-hydroxylation sites is 1. The fourth-order valence-corrected chi connectivity index (χ4v) is 2.18. The average molecular weight is 322 g/mol. The van der Waals surface area contributed by atoms with Crippen molar-refractivity contribution in [3.05, 3.63) is 54.1 Å². The first-order valence-corrected chi connectivity index (χ1v) is 7.18. The minimum absolute atomic E-state index is 0.113. The summed E-state index contributed by atoms with van der Waals surface area (Å²) in [6.07, 6.45) is 0. The molecule has 0 aliphatic heterocycles. The highest BCUT2D eigenvalue weighted by molar-refractivity contribution is 6.40. The Morgan fingerprint density at radius 1 is 1.08 bits per heavy atom. The summed E-state index contributed by atoms with van der Waals surface area (Å²) in [6.45, 7) is 1.92. The Bertz CT molecular complexity index is 942. The SMILES string of the molecule is Cc1ccc(NC(=O)C(=O)N=Nc2c(O)[nH]c3ccccc23)cc1. The third-order valence-corrected chi connectivity index (χ3v) is 3.40. The molecule has 1 heterocycles. The van der Waals surface area contributed by atoms with E-state index in [1.165, 1.54) is 0 Å². The maximum Gasteiger partial charge on any atom is 0.353 e. The second-order valence-electron chi connectivity index (χ2n) is 5.19. The smallest absolute Gasteiger partial charge is 0.353 e. The van der Waals surface area contributed by atoms with Crippen LogP contribution in [0.2, 0.25) is 0 Å². The molecule has 0 fully saturated rings. The van der Waals surface area contributed by atoms with Crippen LogP contribution in [-0.4, -0.2) is 21.9 Å². The van der Waals surface area contributed by atoms with Crippen LogP contribution in [0.1, 0.15) is 5.56 Å². The van der Waals surface area contributed by atoms with Crippen molar-refractivity contribution in [3.63, 3.8) is 0 Å². The van der Waals surface area contributed by atoms with E-state index in [-0.39, 0.29) is 11.6 Å². The molecule has 0 radical (unpaired) electrons. The summed E-state index contributed by atoms with van der Waals surface area (Å²) < 4.78 is 0. The zero-order chi connectivity index (χ0) is 17.1. The Morgan fingerprint density at radius 3 is 2.54 bits per heavy atom. The molecule has 3 aromatic rings. The Hall–Kier alpha value is -3.48. The number of azo groups is 1. The topological polar surface area (TPSA) is 107 Å². The maximum atomic E-state index is 11.8. The number of aromatic hydroxyl groups is 1. The van der Waals surface area contributed by atoms with Crippen LogP contribution < -0.4 is 5.32 Å². The number of anilines is 1. The van der Waals surface area contributed by atoms with Crippen molar-refractivity contribution < 1.29 is 14.7 Å². The van der Waals surface area contributed by atoms with Crippen molar-refractivity contribution in [1.29, 1.82) is 0 Å². The number of carbonyl (C=O) groups is 2. The van der Waals surface area contributed by atoms with Gasteiger partial charge in [-0.3, -0.25) is 9.59 Å². The van der Waals surface area contributed by atoms with Gasteiger partial charge in [0.2, 0.25) is 5.88 Å². The maximum absolute atomic E-state index is 11.8. The van der Waals surface area contributed by atoms with E-state index in [0.29, 0.717) is 16.6 Å². The number of nitrogens with one attached hydrogen (secondary N) is 2. The van der Waals surface area contributed by atoms with Crippen molar-refractivity contribution in [3.8, 4) is 5.88 Å². The summed E-state index contributed by atoms with van der Waals surface area (Å²) in [5, 5.41) is 20.0. The Morgan fingerprint density at radius 2 is 1.79 bits per heavy atom. The van der Waals surface area contributed by atoms with Gasteiger partial charge in [0.15, 0.2) is 5.69 Å². The zero-order valence-corrected chi connectivity index (χ0v) is 12.8. The Kier molecular flexibility index (Phi) is 4.07. The number of aromatic amines is 1. The van der Waals surface area contributed by atoms with Gasteiger partial charge in [-0.15, -0.1) is 10.2 Å². The third kappa shape index (κ3) is 3.14. The van der Waals surface area contributed by atoms with Crippen molar-refractivity contribution >= 4 is 34.1 Å². The summed E-state index contributed by atoms with van der Waals surface area (Å²) in [6, 6.07) is 14.0. The van der Waals surface area contributed by atoms with Crippen LogP contribution >= 0.6 is 0 Å². The molecule has 0 aliphatic carbocycles. The number of carbonyl (C=O) groups excluding carboxylic acids is 2. The highest BCUT2D eigenvalue weighted by Gasteiger charge is 2.15. The molecular weight excluding hydrogens is 308 g/mol. The van der Waals surface area contributed by atoms with Crippen molar-refractivity contribution in [2.45, 2.75) is 6.92 Å². The quantitative estimate of drug-likeness (QED) is 0.497. The number of rotatable bonds is 2. The lowest BCUT2D eigenvalue weighted by Gasteiger charge is -2.01. The zero-order valence-electron chi connectivity index (χ0n) is 12.8. The van der Waals surface area contributed by atoms with Gasteiger partial charge in [-0.25, -0.2) is 0 Å². The number of nitrogens with zero attached hydrogens (tertiary/aromatic N) is 2. The number of hydrogen-bond donors (Lipinski definition) is 3. The predicted octanol–water partition coefficient (Wildman–Crippen LogP) is 3.43. The van der Waals surface area contributed by atoms with E-state index in [1.807, 2.05) is 19.1 Å². The number of aryl methyl sites for hydroxylation is 1. The Labute approximate surface area is 137 Å². The number of aromatic nitrogens is 1. The summed E-state index contributed by atoms with van der Waals surface area (Å²) in [4.78, 5) is 26.3. The van der Waals surface area contributed by atoms with Gasteiger partial charge in [-0.05, 0) is 25.1 Å². The predicted molar refractivity (Wildman–Crippen MR) is 89.3 cm³/mol. The highest BCUT2D eigenvalue weighted by atomic mass is 16.3. The van der Waals surface area contributed by atoms with Crippen molar-refractivity contribution in [2.24, 2.45) is 10.2 Å². The fraction of sp³-hybridized carbons (Fsp3) is 0.0588. The highest BCUT2D eigenvalue weighted by Crippen LogP contribution is 2.35. The van der Waals surface area contributed by atoms with Gasteiger partial charge in [-0.2, -0.15) is 0 Å². The van der Waals surface area contributed by atoms with Gasteiger partial charge in [0, 0.05) is 11.1 Å². The van der Waals surface area contributed by atoms with E-state index in [1.54, 1.807) is 36.4 Å². The van der Waals surface area contributed by atoms with Gasteiger partial charge >= 0.3 is 11.8 Å². The van der Waals surface area contributed by atoms with Crippen molar-refractivity contribution in [1.82, 2.24) is 4.98 Å². The normalized spacial score (nSPS) is 11.0. The molecule has 0 saturated carbocycles. The lowest BCUT2D eigenvalue weighted by atomic mass is 10.2. The van der Waals surface area contributed by atoms with E-state index in [9.17, 15) is 14.7 Å².